The van der Waals surface area contributed by atoms with E-state index in [1.54, 1.807) is 0 Å². The summed E-state index contributed by atoms with van der Waals surface area (Å²) in [5.74, 6) is -1.45. The number of alkyl carbamates (subject to hydrolysis) is 1. The Morgan fingerprint density at radius 3 is 2.37 bits per heavy atom. The van der Waals surface area contributed by atoms with Gasteiger partial charge in [0.05, 0.1) is 6.04 Å². The lowest BCUT2D eigenvalue weighted by Crippen LogP contribution is -2.51. The summed E-state index contributed by atoms with van der Waals surface area (Å²) < 4.78 is 5.65. The van der Waals surface area contributed by atoms with Gasteiger partial charge in [-0.25, -0.2) is 9.59 Å². The van der Waals surface area contributed by atoms with Crippen LogP contribution in [0, 0.1) is 5.92 Å². The summed E-state index contributed by atoms with van der Waals surface area (Å²) in [4.78, 5) is 38.9. The van der Waals surface area contributed by atoms with Crippen molar-refractivity contribution in [3.8, 4) is 11.1 Å². The quantitative estimate of drug-likeness (QED) is 0.629. The molecule has 2 aromatic rings. The maximum Gasteiger partial charge on any atom is 0.407 e. The van der Waals surface area contributed by atoms with Crippen molar-refractivity contribution < 1.29 is 24.2 Å². The van der Waals surface area contributed by atoms with Gasteiger partial charge in [-0.15, -0.1) is 0 Å². The molecule has 3 aliphatic rings. The van der Waals surface area contributed by atoms with Crippen molar-refractivity contribution in [3.05, 3.63) is 71.8 Å². The topological polar surface area (TPSA) is 95.9 Å². The number of ether oxygens (including phenoxy) is 1. The lowest BCUT2D eigenvalue weighted by Gasteiger charge is -2.36. The molecule has 7 nitrogen and oxygen atoms in total. The van der Waals surface area contributed by atoms with E-state index in [0.717, 1.165) is 24.0 Å². The van der Waals surface area contributed by atoms with Crippen molar-refractivity contribution >= 4 is 18.0 Å². The molecule has 7 heteroatoms. The van der Waals surface area contributed by atoms with E-state index in [9.17, 15) is 19.5 Å². The number of aliphatic carboxylic acids is 1. The van der Waals surface area contributed by atoms with Gasteiger partial charge in [0, 0.05) is 18.4 Å². The van der Waals surface area contributed by atoms with Crippen LogP contribution in [0.4, 0.5) is 4.79 Å². The number of carboxylic acid groups (broad SMARTS) is 1. The molecule has 1 heterocycles. The Labute approximate surface area is 204 Å². The van der Waals surface area contributed by atoms with Gasteiger partial charge >= 0.3 is 12.1 Å². The number of hydrogen-bond acceptors (Lipinski definition) is 4. The number of benzene rings is 2. The van der Waals surface area contributed by atoms with Gasteiger partial charge in [0.1, 0.15) is 12.6 Å². The summed E-state index contributed by atoms with van der Waals surface area (Å²) in [6, 6.07) is 15.3. The van der Waals surface area contributed by atoms with E-state index in [-0.39, 0.29) is 30.4 Å². The Balaban J connectivity index is 1.19. The summed E-state index contributed by atoms with van der Waals surface area (Å²) in [5.41, 5.74) is 4.65. The summed E-state index contributed by atoms with van der Waals surface area (Å²) in [5, 5.41) is 12.4. The number of nitrogens with one attached hydrogen (secondary N) is 1. The molecule has 1 aliphatic heterocycles. The molecule has 0 saturated carbocycles. The summed E-state index contributed by atoms with van der Waals surface area (Å²) in [6.45, 7) is 0.702. The van der Waals surface area contributed by atoms with Gasteiger partial charge in [0.25, 0.3) is 0 Å². The van der Waals surface area contributed by atoms with Crippen LogP contribution in [0.1, 0.15) is 49.1 Å². The molecule has 3 atom stereocenters. The van der Waals surface area contributed by atoms with Gasteiger partial charge in [0.2, 0.25) is 5.91 Å². The largest absolute Gasteiger partial charge is 0.480 e. The van der Waals surface area contributed by atoms with Gasteiger partial charge in [-0.3, -0.25) is 4.79 Å². The fourth-order valence-electron chi connectivity index (χ4n) is 5.68. The molecule has 1 saturated heterocycles. The van der Waals surface area contributed by atoms with Crippen molar-refractivity contribution in [1.82, 2.24) is 10.2 Å². The highest BCUT2D eigenvalue weighted by atomic mass is 16.5. The second-order valence-corrected chi connectivity index (χ2v) is 9.55. The third kappa shape index (κ3) is 4.67. The van der Waals surface area contributed by atoms with Gasteiger partial charge < -0.3 is 20.1 Å². The van der Waals surface area contributed by atoms with Crippen LogP contribution < -0.4 is 5.32 Å². The van der Waals surface area contributed by atoms with E-state index in [2.05, 4.69) is 29.6 Å². The highest BCUT2D eigenvalue weighted by molar-refractivity contribution is 5.85. The maximum atomic E-state index is 13.1. The fourth-order valence-corrected chi connectivity index (χ4v) is 5.68. The van der Waals surface area contributed by atoms with Crippen LogP contribution in [0.3, 0.4) is 0 Å². The zero-order valence-electron chi connectivity index (χ0n) is 19.6. The third-order valence-electron chi connectivity index (χ3n) is 7.39. The van der Waals surface area contributed by atoms with Crippen LogP contribution in [0.25, 0.3) is 11.1 Å². The van der Waals surface area contributed by atoms with Crippen molar-refractivity contribution in [3.63, 3.8) is 0 Å². The lowest BCUT2D eigenvalue weighted by molar-refractivity contribution is -0.154. The number of rotatable bonds is 5. The van der Waals surface area contributed by atoms with Crippen LogP contribution in [-0.2, 0) is 14.3 Å². The third-order valence-corrected chi connectivity index (χ3v) is 7.39. The zero-order valence-corrected chi connectivity index (χ0v) is 19.6. The smallest absolute Gasteiger partial charge is 0.407 e. The Hall–Kier alpha value is -3.61. The summed E-state index contributed by atoms with van der Waals surface area (Å²) in [7, 11) is 0. The summed E-state index contributed by atoms with van der Waals surface area (Å²) in [6.07, 6.45) is 6.36. The van der Waals surface area contributed by atoms with Gasteiger partial charge in [-0.1, -0.05) is 60.7 Å². The SMILES string of the molecule is O=C(N[C@@H]1C=CC[C@@H](C(=O)N2CCCC[C@H]2C(=O)O)C1)OCC1c2ccccc2-c2ccccc21. The highest BCUT2D eigenvalue weighted by Crippen LogP contribution is 2.44. The fraction of sp³-hybridized carbons (Fsp3) is 0.393. The molecule has 0 spiro atoms. The van der Waals surface area contributed by atoms with E-state index in [1.807, 2.05) is 36.4 Å². The molecule has 35 heavy (non-hydrogen) atoms. The van der Waals surface area contributed by atoms with E-state index in [0.29, 0.717) is 25.8 Å². The van der Waals surface area contributed by atoms with E-state index < -0.39 is 18.1 Å². The highest BCUT2D eigenvalue weighted by Gasteiger charge is 2.37. The predicted octanol–water partition coefficient (Wildman–Crippen LogP) is 4.33. The molecule has 182 valence electrons. The lowest BCUT2D eigenvalue weighted by atomic mass is 9.88. The Kier molecular flexibility index (Phi) is 6.57. The minimum atomic E-state index is -0.947. The van der Waals surface area contributed by atoms with Gasteiger partial charge in [-0.05, 0) is 54.4 Å². The van der Waals surface area contributed by atoms with Crippen molar-refractivity contribution in [2.75, 3.05) is 13.2 Å². The molecule has 2 aliphatic carbocycles. The molecular formula is C28H30N2O5. The van der Waals surface area contributed by atoms with Crippen LogP contribution in [0.2, 0.25) is 0 Å². The molecule has 0 unspecified atom stereocenters. The van der Waals surface area contributed by atoms with Crippen LogP contribution in [-0.4, -0.2) is 53.2 Å². The first-order valence-corrected chi connectivity index (χ1v) is 12.3. The monoisotopic (exact) mass is 474 g/mol. The number of carbonyl (C=O) groups is 3. The predicted molar refractivity (Wildman–Crippen MR) is 131 cm³/mol. The first-order chi connectivity index (χ1) is 17.0. The molecule has 2 aromatic carbocycles. The first kappa shape index (κ1) is 23.1. The van der Waals surface area contributed by atoms with Crippen molar-refractivity contribution in [2.45, 2.75) is 50.1 Å². The summed E-state index contributed by atoms with van der Waals surface area (Å²) >= 11 is 0. The Morgan fingerprint density at radius 1 is 1.00 bits per heavy atom. The van der Waals surface area contributed by atoms with Gasteiger partial charge in [0.15, 0.2) is 0 Å². The number of piperidine rings is 1. The standard InChI is InChI=1S/C28H30N2O5/c31-26(30-15-6-5-14-25(30)27(32)33)18-8-7-9-19(16-18)29-28(34)35-17-24-22-12-3-1-10-20(22)21-11-2-4-13-23(21)24/h1-4,7,9-13,18-19,24-25H,5-6,8,14-17H2,(H,29,34)(H,32,33)/t18-,19-,25+/m1/s1. The molecule has 0 aromatic heterocycles. The van der Waals surface area contributed by atoms with E-state index >= 15 is 0 Å². The van der Waals surface area contributed by atoms with Crippen LogP contribution in [0.15, 0.2) is 60.7 Å². The molecule has 2 amide bonds. The Bertz CT molecular complexity index is 1110. The number of carboxylic acids is 1. The average Bonchev–Trinajstić information content (AvgIpc) is 3.21. The average molecular weight is 475 g/mol. The number of carbonyl (C=O) groups excluding carboxylic acids is 2. The zero-order chi connectivity index (χ0) is 24.4. The van der Waals surface area contributed by atoms with Gasteiger partial charge in [-0.2, -0.15) is 0 Å². The molecule has 5 rings (SSSR count). The molecule has 0 bridgehead atoms. The number of hydrogen-bond donors (Lipinski definition) is 2. The second-order valence-electron chi connectivity index (χ2n) is 9.55. The van der Waals surface area contributed by atoms with Crippen LogP contribution >= 0.6 is 0 Å². The number of allylic oxidation sites excluding steroid dienone is 1. The minimum absolute atomic E-state index is 0.0172. The number of fused-ring (bicyclic) bond motifs is 3. The number of amides is 2. The van der Waals surface area contributed by atoms with Crippen LogP contribution in [0.5, 0.6) is 0 Å². The molecular weight excluding hydrogens is 444 g/mol. The first-order valence-electron chi connectivity index (χ1n) is 12.3. The maximum absolute atomic E-state index is 13.1. The normalized spacial score (nSPS) is 23.3. The van der Waals surface area contributed by atoms with E-state index in [1.165, 1.54) is 16.0 Å². The number of likely N-dealkylation sites (tertiary alicyclic amines) is 1. The molecule has 0 radical (unpaired) electrons. The van der Waals surface area contributed by atoms with Crippen molar-refractivity contribution in [2.24, 2.45) is 5.92 Å². The molecule has 2 N–H and O–H groups in total. The van der Waals surface area contributed by atoms with E-state index in [4.69, 9.17) is 4.74 Å². The second kappa shape index (κ2) is 9.94. The molecule has 1 fully saturated rings. The van der Waals surface area contributed by atoms with Crippen molar-refractivity contribution in [1.29, 1.82) is 0 Å². The number of nitrogens with zero attached hydrogens (tertiary/aromatic N) is 1. The minimum Gasteiger partial charge on any atom is -0.480 e. The Morgan fingerprint density at radius 2 is 1.69 bits per heavy atom.